The standard InChI is InChI=1S/C31H38ClF2N5O/c1-3-38(15-5-4-14-35)28-23-10-12-31(11-9-22-24(31)7-6-8-25(22)32)20(2)26(23)36-29(37-28)40-19-30-13-16-39(30)18-21(17-30)27(33)34/h6-8,20-21,27H,3-5,9-13,15-19H2,1-2H3/t20-,21-,30?,31-/m0/s1. The second-order valence-corrected chi connectivity index (χ2v) is 12.6. The average Bonchev–Trinajstić information content (AvgIpc) is 3.44. The van der Waals surface area contributed by atoms with Crippen molar-refractivity contribution in [2.75, 3.05) is 37.7 Å². The van der Waals surface area contributed by atoms with Crippen LogP contribution in [0.4, 0.5) is 14.6 Å². The normalized spacial score (nSPS) is 28.6. The first-order chi connectivity index (χ1) is 19.3. The first-order valence-electron chi connectivity index (χ1n) is 14.8. The molecule has 2 aromatic rings. The number of nitriles is 1. The van der Waals surface area contributed by atoms with E-state index in [0.29, 0.717) is 32.0 Å². The molecule has 2 aliphatic heterocycles. The molecule has 2 aliphatic carbocycles. The molecule has 0 radical (unpaired) electrons. The zero-order chi connectivity index (χ0) is 28.1. The van der Waals surface area contributed by atoms with Crippen molar-refractivity contribution in [3.63, 3.8) is 0 Å². The molecule has 2 saturated heterocycles. The third-order valence-electron chi connectivity index (χ3n) is 10.4. The van der Waals surface area contributed by atoms with Crippen LogP contribution < -0.4 is 9.64 Å². The topological polar surface area (TPSA) is 65.3 Å². The highest BCUT2D eigenvalue weighted by atomic mass is 35.5. The summed E-state index contributed by atoms with van der Waals surface area (Å²) in [4.78, 5) is 14.4. The van der Waals surface area contributed by atoms with E-state index in [9.17, 15) is 8.78 Å². The van der Waals surface area contributed by atoms with E-state index in [0.717, 1.165) is 74.7 Å². The number of unbranched alkanes of at least 4 members (excludes halogenated alkanes) is 1. The predicted molar refractivity (Wildman–Crippen MR) is 151 cm³/mol. The van der Waals surface area contributed by atoms with Gasteiger partial charge < -0.3 is 9.64 Å². The fraction of sp³-hybridized carbons (Fsp3) is 0.645. The molecule has 2 fully saturated rings. The van der Waals surface area contributed by atoms with Crippen molar-refractivity contribution in [3.05, 3.63) is 45.6 Å². The Hall–Kier alpha value is -2.50. The molecule has 1 aromatic carbocycles. The number of aromatic nitrogens is 2. The first-order valence-corrected chi connectivity index (χ1v) is 15.2. The molecule has 0 saturated carbocycles. The Morgan fingerprint density at radius 3 is 2.73 bits per heavy atom. The third kappa shape index (κ3) is 4.44. The maximum Gasteiger partial charge on any atom is 0.318 e. The van der Waals surface area contributed by atoms with Crippen molar-refractivity contribution < 1.29 is 13.5 Å². The van der Waals surface area contributed by atoms with Crippen molar-refractivity contribution in [2.45, 2.75) is 88.5 Å². The Balaban J connectivity index is 1.35. The first kappa shape index (κ1) is 27.7. The van der Waals surface area contributed by atoms with E-state index in [4.69, 9.17) is 31.6 Å². The van der Waals surface area contributed by atoms with Crippen LogP contribution in [0.1, 0.15) is 80.7 Å². The summed E-state index contributed by atoms with van der Waals surface area (Å²) in [7, 11) is 0. The minimum absolute atomic E-state index is 0.0343. The number of nitrogens with zero attached hydrogens (tertiary/aromatic N) is 5. The highest BCUT2D eigenvalue weighted by Crippen LogP contribution is 2.56. The molecule has 0 amide bonds. The summed E-state index contributed by atoms with van der Waals surface area (Å²) in [5.74, 6) is 0.438. The van der Waals surface area contributed by atoms with Crippen LogP contribution in [-0.2, 0) is 18.3 Å². The van der Waals surface area contributed by atoms with E-state index >= 15 is 0 Å². The van der Waals surface area contributed by atoms with Crippen LogP contribution in [0.2, 0.25) is 5.02 Å². The average molecular weight is 570 g/mol. The highest BCUT2D eigenvalue weighted by molar-refractivity contribution is 6.31. The van der Waals surface area contributed by atoms with Gasteiger partial charge in [0.1, 0.15) is 12.4 Å². The number of ether oxygens (including phenoxy) is 1. The lowest BCUT2D eigenvalue weighted by molar-refractivity contribution is -0.0134. The van der Waals surface area contributed by atoms with Gasteiger partial charge in [0.05, 0.1) is 17.3 Å². The number of anilines is 1. The summed E-state index contributed by atoms with van der Waals surface area (Å²) in [6.07, 6.45) is 4.14. The van der Waals surface area contributed by atoms with Crippen LogP contribution in [0.3, 0.4) is 0 Å². The lowest BCUT2D eigenvalue weighted by Crippen LogP contribution is -2.59. The molecular weight excluding hydrogens is 532 g/mol. The highest BCUT2D eigenvalue weighted by Gasteiger charge is 2.54. The van der Waals surface area contributed by atoms with Gasteiger partial charge in [-0.05, 0) is 69.1 Å². The summed E-state index contributed by atoms with van der Waals surface area (Å²) in [6.45, 7) is 7.48. The number of halogens is 3. The number of fused-ring (bicyclic) bond motifs is 4. The molecule has 1 unspecified atom stereocenters. The monoisotopic (exact) mass is 569 g/mol. The zero-order valence-corrected chi connectivity index (χ0v) is 24.2. The number of rotatable bonds is 9. The molecule has 214 valence electrons. The number of hydrogen-bond acceptors (Lipinski definition) is 6. The van der Waals surface area contributed by atoms with Gasteiger partial charge in [-0.1, -0.05) is 30.7 Å². The fourth-order valence-corrected chi connectivity index (χ4v) is 8.25. The van der Waals surface area contributed by atoms with E-state index in [1.54, 1.807) is 0 Å². The molecule has 1 spiro atoms. The van der Waals surface area contributed by atoms with Gasteiger partial charge in [0.25, 0.3) is 0 Å². The summed E-state index contributed by atoms with van der Waals surface area (Å²) in [5, 5.41) is 9.96. The summed E-state index contributed by atoms with van der Waals surface area (Å²) in [5.41, 5.74) is 4.42. The van der Waals surface area contributed by atoms with Gasteiger partial charge in [0.2, 0.25) is 6.43 Å². The van der Waals surface area contributed by atoms with Gasteiger partial charge in [-0.2, -0.15) is 15.2 Å². The maximum absolute atomic E-state index is 13.5. The van der Waals surface area contributed by atoms with Gasteiger partial charge >= 0.3 is 6.01 Å². The molecule has 9 heteroatoms. The number of alkyl halides is 2. The SMILES string of the molecule is CCN(CCCC#N)c1nc(OCC23CCN2C[C@@H](C(F)F)C3)nc2c1CC[C@@]1(CCc3c(Cl)cccc31)[C@H]2C. The third-order valence-corrected chi connectivity index (χ3v) is 10.7. The van der Waals surface area contributed by atoms with E-state index in [-0.39, 0.29) is 16.9 Å². The molecule has 4 atom stereocenters. The minimum Gasteiger partial charge on any atom is -0.461 e. The number of benzene rings is 1. The lowest BCUT2D eigenvalue weighted by atomic mass is 9.63. The maximum atomic E-state index is 13.5. The van der Waals surface area contributed by atoms with Crippen LogP contribution >= 0.6 is 11.6 Å². The fourth-order valence-electron chi connectivity index (χ4n) is 7.98. The van der Waals surface area contributed by atoms with Crippen molar-refractivity contribution in [1.29, 1.82) is 5.26 Å². The molecule has 4 aliphatic rings. The van der Waals surface area contributed by atoms with Crippen molar-refractivity contribution >= 4 is 17.4 Å². The Kier molecular flexibility index (Phi) is 7.41. The summed E-state index contributed by atoms with van der Waals surface area (Å²) < 4.78 is 33.4. The largest absolute Gasteiger partial charge is 0.461 e. The molecule has 6 nitrogen and oxygen atoms in total. The van der Waals surface area contributed by atoms with Crippen molar-refractivity contribution in [1.82, 2.24) is 14.9 Å². The number of hydrogen-bond donors (Lipinski definition) is 0. The summed E-state index contributed by atoms with van der Waals surface area (Å²) >= 11 is 6.63. The van der Waals surface area contributed by atoms with Gasteiger partial charge in [0, 0.05) is 60.4 Å². The van der Waals surface area contributed by atoms with Crippen LogP contribution in [0, 0.1) is 17.2 Å². The molecule has 1 aromatic heterocycles. The van der Waals surface area contributed by atoms with Crippen molar-refractivity contribution in [2.24, 2.45) is 5.92 Å². The second-order valence-electron chi connectivity index (χ2n) is 12.2. The quantitative estimate of drug-likeness (QED) is 0.330. The van der Waals surface area contributed by atoms with Gasteiger partial charge in [-0.15, -0.1) is 0 Å². The Morgan fingerprint density at radius 1 is 1.23 bits per heavy atom. The summed E-state index contributed by atoms with van der Waals surface area (Å²) in [6, 6.07) is 8.86. The van der Waals surface area contributed by atoms with E-state index < -0.39 is 12.3 Å². The van der Waals surface area contributed by atoms with Crippen LogP contribution in [-0.4, -0.2) is 59.6 Å². The van der Waals surface area contributed by atoms with Crippen LogP contribution in [0.25, 0.3) is 0 Å². The second kappa shape index (κ2) is 10.7. The predicted octanol–water partition coefficient (Wildman–Crippen LogP) is 6.30. The van der Waals surface area contributed by atoms with Gasteiger partial charge in [0.15, 0.2) is 0 Å². The lowest BCUT2D eigenvalue weighted by Gasteiger charge is -2.47. The molecule has 40 heavy (non-hydrogen) atoms. The van der Waals surface area contributed by atoms with Gasteiger partial charge in [-0.3, -0.25) is 4.90 Å². The van der Waals surface area contributed by atoms with E-state index in [1.165, 1.54) is 16.7 Å². The zero-order valence-electron chi connectivity index (χ0n) is 23.4. The Bertz CT molecular complexity index is 1320. The van der Waals surface area contributed by atoms with Crippen LogP contribution in [0.5, 0.6) is 6.01 Å². The molecule has 0 bridgehead atoms. The Morgan fingerprint density at radius 2 is 2.02 bits per heavy atom. The molecular formula is C31H38ClF2N5O. The van der Waals surface area contributed by atoms with Crippen molar-refractivity contribution in [3.8, 4) is 12.1 Å². The smallest absolute Gasteiger partial charge is 0.318 e. The Labute approximate surface area is 240 Å². The molecule has 3 heterocycles. The molecule has 0 N–H and O–H groups in total. The van der Waals surface area contributed by atoms with E-state index in [2.05, 4.69) is 41.8 Å². The van der Waals surface area contributed by atoms with Gasteiger partial charge in [-0.25, -0.2) is 8.78 Å². The van der Waals surface area contributed by atoms with Crippen LogP contribution in [0.15, 0.2) is 18.2 Å². The molecule has 6 rings (SSSR count). The minimum atomic E-state index is -2.31. The van der Waals surface area contributed by atoms with E-state index in [1.807, 2.05) is 6.07 Å².